The summed E-state index contributed by atoms with van der Waals surface area (Å²) in [5.74, 6) is -0.698. The Morgan fingerprint density at radius 1 is 0.875 bits per heavy atom. The molecule has 2 heterocycles. The third-order valence-corrected chi connectivity index (χ3v) is 5.72. The van der Waals surface area contributed by atoms with E-state index < -0.39 is 12.1 Å². The van der Waals surface area contributed by atoms with Crippen LogP contribution in [0.2, 0.25) is 0 Å². The molecule has 0 radical (unpaired) electrons. The predicted octanol–water partition coefficient (Wildman–Crippen LogP) is 3.95. The van der Waals surface area contributed by atoms with Gasteiger partial charge in [0, 0.05) is 37.4 Å². The van der Waals surface area contributed by atoms with E-state index in [4.69, 9.17) is 4.74 Å². The average molecular weight is 430 g/mol. The zero-order valence-electron chi connectivity index (χ0n) is 18.4. The van der Waals surface area contributed by atoms with Crippen molar-refractivity contribution in [1.82, 2.24) is 9.88 Å². The molecule has 1 unspecified atom stereocenters. The zero-order chi connectivity index (χ0) is 22.5. The van der Waals surface area contributed by atoms with Gasteiger partial charge < -0.3 is 14.5 Å². The first kappa shape index (κ1) is 21.6. The molecule has 0 N–H and O–H groups in total. The highest BCUT2D eigenvalue weighted by Gasteiger charge is 2.28. The van der Waals surface area contributed by atoms with Crippen LogP contribution in [0.3, 0.4) is 0 Å². The summed E-state index contributed by atoms with van der Waals surface area (Å²) in [6.45, 7) is 6.11. The summed E-state index contributed by atoms with van der Waals surface area (Å²) in [4.78, 5) is 34.1. The maximum atomic E-state index is 12.8. The van der Waals surface area contributed by atoms with Crippen molar-refractivity contribution in [3.8, 4) is 11.3 Å². The van der Waals surface area contributed by atoms with E-state index in [-0.39, 0.29) is 5.91 Å². The summed E-state index contributed by atoms with van der Waals surface area (Å²) < 4.78 is 5.51. The van der Waals surface area contributed by atoms with Crippen LogP contribution in [0.1, 0.15) is 23.0 Å². The SMILES string of the molecule is Cc1nc(-c2ccccc2)ccc1C(=O)OC(C)C(=O)N1CCN(c2ccccc2)CC1. The second kappa shape index (κ2) is 9.64. The van der Waals surface area contributed by atoms with Crippen molar-refractivity contribution in [2.75, 3.05) is 31.1 Å². The van der Waals surface area contributed by atoms with Crippen LogP contribution in [-0.4, -0.2) is 54.0 Å². The fourth-order valence-corrected chi connectivity index (χ4v) is 3.90. The van der Waals surface area contributed by atoms with E-state index in [1.165, 1.54) is 0 Å². The number of hydrogen-bond donors (Lipinski definition) is 0. The third-order valence-electron chi connectivity index (χ3n) is 5.72. The summed E-state index contributed by atoms with van der Waals surface area (Å²) >= 11 is 0. The molecule has 0 bridgehead atoms. The summed E-state index contributed by atoms with van der Waals surface area (Å²) in [7, 11) is 0. The first-order chi connectivity index (χ1) is 15.5. The van der Waals surface area contributed by atoms with Gasteiger partial charge in [0.05, 0.1) is 17.0 Å². The monoisotopic (exact) mass is 429 g/mol. The molecule has 0 spiro atoms. The molecule has 1 aromatic heterocycles. The molecule has 1 atom stereocenters. The Bertz CT molecular complexity index is 1080. The topological polar surface area (TPSA) is 62.7 Å². The number of aryl methyl sites for hydroxylation is 1. The molecular weight excluding hydrogens is 402 g/mol. The quantitative estimate of drug-likeness (QED) is 0.575. The van der Waals surface area contributed by atoms with E-state index in [0.717, 1.165) is 30.0 Å². The van der Waals surface area contributed by atoms with Crippen molar-refractivity contribution in [2.24, 2.45) is 0 Å². The van der Waals surface area contributed by atoms with Crippen LogP contribution in [-0.2, 0) is 9.53 Å². The van der Waals surface area contributed by atoms with Crippen molar-refractivity contribution in [3.63, 3.8) is 0 Å². The number of ether oxygens (including phenoxy) is 1. The number of amides is 1. The molecule has 1 aliphatic heterocycles. The molecule has 164 valence electrons. The number of pyridine rings is 1. The molecular formula is C26H27N3O3. The normalized spacial score (nSPS) is 14.7. The number of esters is 1. The van der Waals surface area contributed by atoms with Crippen LogP contribution >= 0.6 is 0 Å². The lowest BCUT2D eigenvalue weighted by Gasteiger charge is -2.37. The maximum Gasteiger partial charge on any atom is 0.340 e. The van der Waals surface area contributed by atoms with Crippen molar-refractivity contribution >= 4 is 17.6 Å². The van der Waals surface area contributed by atoms with Crippen LogP contribution in [0.4, 0.5) is 5.69 Å². The minimum absolute atomic E-state index is 0.169. The third kappa shape index (κ3) is 4.80. The van der Waals surface area contributed by atoms with E-state index >= 15 is 0 Å². The lowest BCUT2D eigenvalue weighted by Crippen LogP contribution is -2.51. The predicted molar refractivity (Wildman–Crippen MR) is 125 cm³/mol. The molecule has 32 heavy (non-hydrogen) atoms. The second-order valence-corrected chi connectivity index (χ2v) is 7.89. The first-order valence-corrected chi connectivity index (χ1v) is 10.9. The molecule has 1 saturated heterocycles. The van der Waals surface area contributed by atoms with Crippen LogP contribution in [0, 0.1) is 6.92 Å². The largest absolute Gasteiger partial charge is 0.449 e. The van der Waals surface area contributed by atoms with Crippen molar-refractivity contribution in [1.29, 1.82) is 0 Å². The highest BCUT2D eigenvalue weighted by atomic mass is 16.5. The summed E-state index contributed by atoms with van der Waals surface area (Å²) in [5, 5.41) is 0. The highest BCUT2D eigenvalue weighted by molar-refractivity contribution is 5.93. The maximum absolute atomic E-state index is 12.8. The van der Waals surface area contributed by atoms with Crippen LogP contribution in [0.15, 0.2) is 72.8 Å². The Morgan fingerprint density at radius 3 is 2.12 bits per heavy atom. The standard InChI is InChI=1S/C26H27N3O3/c1-19-23(13-14-24(27-19)21-9-5-3-6-10-21)26(31)32-20(2)25(30)29-17-15-28(16-18-29)22-11-7-4-8-12-22/h3-14,20H,15-18H2,1-2H3. The molecule has 6 heteroatoms. The minimum atomic E-state index is -0.848. The van der Waals surface area contributed by atoms with Crippen LogP contribution < -0.4 is 4.90 Å². The van der Waals surface area contributed by atoms with E-state index in [2.05, 4.69) is 22.0 Å². The number of nitrogens with zero attached hydrogens (tertiary/aromatic N) is 3. The number of piperazine rings is 1. The zero-order valence-corrected chi connectivity index (χ0v) is 18.4. The van der Waals surface area contributed by atoms with E-state index in [0.29, 0.717) is 24.3 Å². The molecule has 0 saturated carbocycles. The number of benzene rings is 2. The number of carbonyl (C=O) groups is 2. The minimum Gasteiger partial charge on any atom is -0.449 e. The van der Waals surface area contributed by atoms with Crippen LogP contribution in [0.5, 0.6) is 0 Å². The van der Waals surface area contributed by atoms with Gasteiger partial charge in [0.1, 0.15) is 0 Å². The molecule has 0 aliphatic carbocycles. The number of aromatic nitrogens is 1. The number of carbonyl (C=O) groups excluding carboxylic acids is 2. The lowest BCUT2D eigenvalue weighted by atomic mass is 10.1. The smallest absolute Gasteiger partial charge is 0.340 e. The second-order valence-electron chi connectivity index (χ2n) is 7.89. The van der Waals surface area contributed by atoms with Gasteiger partial charge in [0.25, 0.3) is 5.91 Å². The van der Waals surface area contributed by atoms with Gasteiger partial charge in [-0.1, -0.05) is 48.5 Å². The van der Waals surface area contributed by atoms with E-state index in [1.54, 1.807) is 30.9 Å². The Balaban J connectivity index is 1.35. The number of para-hydroxylation sites is 1. The molecule has 1 aliphatic rings. The van der Waals surface area contributed by atoms with Crippen molar-refractivity contribution < 1.29 is 14.3 Å². The molecule has 2 aromatic carbocycles. The van der Waals surface area contributed by atoms with Gasteiger partial charge in [-0.2, -0.15) is 0 Å². The van der Waals surface area contributed by atoms with E-state index in [9.17, 15) is 9.59 Å². The Labute approximate surface area is 188 Å². The number of anilines is 1. The summed E-state index contributed by atoms with van der Waals surface area (Å²) in [6.07, 6.45) is -0.848. The molecule has 6 nitrogen and oxygen atoms in total. The van der Waals surface area contributed by atoms with Crippen molar-refractivity contribution in [3.05, 3.63) is 84.1 Å². The van der Waals surface area contributed by atoms with Crippen LogP contribution in [0.25, 0.3) is 11.3 Å². The Kier molecular flexibility index (Phi) is 6.50. The van der Waals surface area contributed by atoms with E-state index in [1.807, 2.05) is 48.5 Å². The first-order valence-electron chi connectivity index (χ1n) is 10.9. The molecule has 4 rings (SSSR count). The summed E-state index contributed by atoms with van der Waals surface area (Å²) in [5.41, 5.74) is 3.88. The number of rotatable bonds is 5. The average Bonchev–Trinajstić information content (AvgIpc) is 2.84. The van der Waals surface area contributed by atoms with Gasteiger partial charge in [0.15, 0.2) is 6.10 Å². The number of hydrogen-bond acceptors (Lipinski definition) is 5. The Morgan fingerprint density at radius 2 is 1.50 bits per heavy atom. The lowest BCUT2D eigenvalue weighted by molar-refractivity contribution is -0.140. The molecule has 1 fully saturated rings. The Hall–Kier alpha value is -3.67. The molecule has 3 aromatic rings. The van der Waals surface area contributed by atoms with Gasteiger partial charge in [-0.3, -0.25) is 9.78 Å². The fourth-order valence-electron chi connectivity index (χ4n) is 3.90. The van der Waals surface area contributed by atoms with Gasteiger partial charge in [0.2, 0.25) is 0 Å². The van der Waals surface area contributed by atoms with Gasteiger partial charge in [-0.15, -0.1) is 0 Å². The highest BCUT2D eigenvalue weighted by Crippen LogP contribution is 2.20. The van der Waals surface area contributed by atoms with Crippen molar-refractivity contribution in [2.45, 2.75) is 20.0 Å². The molecule has 1 amide bonds. The fraction of sp³-hybridized carbons (Fsp3) is 0.269. The van der Waals surface area contributed by atoms with Gasteiger partial charge in [-0.05, 0) is 38.1 Å². The van der Waals surface area contributed by atoms with Gasteiger partial charge in [-0.25, -0.2) is 4.79 Å². The van der Waals surface area contributed by atoms with Gasteiger partial charge >= 0.3 is 5.97 Å². The summed E-state index contributed by atoms with van der Waals surface area (Å²) in [6, 6.07) is 23.4.